The molecule has 1 aromatic heterocycles. The van der Waals surface area contributed by atoms with Gasteiger partial charge in [-0.3, -0.25) is 19.7 Å². The lowest BCUT2D eigenvalue weighted by molar-refractivity contribution is -0.132. The summed E-state index contributed by atoms with van der Waals surface area (Å²) >= 11 is 0. The van der Waals surface area contributed by atoms with E-state index in [1.54, 1.807) is 0 Å². The quantitative estimate of drug-likeness (QED) is 0.859. The Balaban J connectivity index is 1.33. The number of hydrogen-bond donors (Lipinski definition) is 0. The molecule has 1 aliphatic carbocycles. The van der Waals surface area contributed by atoms with E-state index in [2.05, 4.69) is 14.9 Å². The maximum absolute atomic E-state index is 12.5. The fourth-order valence-corrected chi connectivity index (χ4v) is 3.72. The van der Waals surface area contributed by atoms with Gasteiger partial charge in [0.15, 0.2) is 0 Å². The highest BCUT2D eigenvalue weighted by Gasteiger charge is 2.29. The fourth-order valence-electron chi connectivity index (χ4n) is 3.72. The van der Waals surface area contributed by atoms with Crippen LogP contribution in [0.4, 0.5) is 5.69 Å². The molecule has 0 N–H and O–H groups in total. The molecule has 5 heteroatoms. The van der Waals surface area contributed by atoms with Crippen LogP contribution in [0.1, 0.15) is 37.8 Å². The molecule has 1 saturated heterocycles. The van der Waals surface area contributed by atoms with Crippen molar-refractivity contribution < 1.29 is 4.79 Å². The van der Waals surface area contributed by atoms with Crippen molar-refractivity contribution in [2.24, 2.45) is 4.99 Å². The fraction of sp³-hybridized carbons (Fsp3) is 0.611. The highest BCUT2D eigenvalue weighted by molar-refractivity contribution is 6.02. The molecule has 0 aromatic carbocycles. The van der Waals surface area contributed by atoms with Crippen molar-refractivity contribution in [1.29, 1.82) is 0 Å². The number of piperazine rings is 1. The normalized spacial score (nSPS) is 22.3. The van der Waals surface area contributed by atoms with Gasteiger partial charge in [0.25, 0.3) is 0 Å². The van der Waals surface area contributed by atoms with Crippen LogP contribution in [0.3, 0.4) is 0 Å². The molecule has 1 amide bonds. The Bertz CT molecular complexity index is 615. The lowest BCUT2D eigenvalue weighted by Crippen LogP contribution is -2.53. The lowest BCUT2D eigenvalue weighted by Gasteiger charge is -2.43. The van der Waals surface area contributed by atoms with E-state index in [-0.39, 0.29) is 5.91 Å². The van der Waals surface area contributed by atoms with Crippen LogP contribution in [0.25, 0.3) is 0 Å². The van der Waals surface area contributed by atoms with Crippen LogP contribution < -0.4 is 0 Å². The molecule has 1 saturated carbocycles. The average Bonchev–Trinajstić information content (AvgIpc) is 2.54. The van der Waals surface area contributed by atoms with E-state index in [1.165, 1.54) is 19.3 Å². The van der Waals surface area contributed by atoms with Gasteiger partial charge in [0.05, 0.1) is 17.8 Å². The Kier molecular flexibility index (Phi) is 4.12. The summed E-state index contributed by atoms with van der Waals surface area (Å²) in [5.74, 6) is 0.240. The summed E-state index contributed by atoms with van der Waals surface area (Å²) < 4.78 is 0. The molecule has 0 radical (unpaired) electrons. The van der Waals surface area contributed by atoms with Crippen molar-refractivity contribution in [3.05, 3.63) is 24.0 Å². The van der Waals surface area contributed by atoms with Gasteiger partial charge in [0.1, 0.15) is 0 Å². The molecule has 2 aliphatic heterocycles. The smallest absolute Gasteiger partial charge is 0.228 e. The number of amides is 1. The van der Waals surface area contributed by atoms with Crippen molar-refractivity contribution in [2.75, 3.05) is 26.2 Å². The minimum atomic E-state index is 0.240. The summed E-state index contributed by atoms with van der Waals surface area (Å²) in [6, 6.07) is 4.69. The number of nitrogens with zero attached hydrogens (tertiary/aromatic N) is 4. The third-order valence-corrected chi connectivity index (χ3v) is 5.41. The zero-order valence-corrected chi connectivity index (χ0v) is 13.6. The van der Waals surface area contributed by atoms with Crippen LogP contribution in [0.5, 0.6) is 0 Å². The van der Waals surface area contributed by atoms with E-state index in [1.807, 2.05) is 23.2 Å². The van der Waals surface area contributed by atoms with E-state index < -0.39 is 0 Å². The highest BCUT2D eigenvalue weighted by atomic mass is 16.2. The summed E-state index contributed by atoms with van der Waals surface area (Å²) in [7, 11) is 0. The first-order valence-corrected chi connectivity index (χ1v) is 8.82. The lowest BCUT2D eigenvalue weighted by atomic mass is 9.91. The largest absolute Gasteiger partial charge is 0.340 e. The molecule has 0 unspecified atom stereocenters. The molecule has 0 spiro atoms. The molecule has 3 aliphatic rings. The van der Waals surface area contributed by atoms with Gasteiger partial charge < -0.3 is 4.90 Å². The van der Waals surface area contributed by atoms with E-state index >= 15 is 0 Å². The number of aryl methyl sites for hydroxylation is 1. The van der Waals surface area contributed by atoms with Crippen molar-refractivity contribution in [3.63, 3.8) is 0 Å². The molecular formula is C18H24N4O. The molecule has 3 heterocycles. The molecule has 1 aromatic rings. The van der Waals surface area contributed by atoms with Gasteiger partial charge in [-0.1, -0.05) is 6.42 Å². The number of rotatable bonds is 3. The topological polar surface area (TPSA) is 48.8 Å². The Labute approximate surface area is 137 Å². The second-order valence-electron chi connectivity index (χ2n) is 6.83. The third kappa shape index (κ3) is 3.15. The van der Waals surface area contributed by atoms with Crippen molar-refractivity contribution in [3.8, 4) is 0 Å². The van der Waals surface area contributed by atoms with Crippen LogP contribution in [-0.2, 0) is 11.2 Å². The minimum absolute atomic E-state index is 0.240. The standard InChI is InChI=1S/C18H24N4O/c23-18(22-11-9-21(10-12-22)15-3-1-4-15)13-14-6-7-16-17(20-14)5-2-8-19-16/h2,5,8,15H,1,3-4,6-7,9-13H2. The molecule has 2 fully saturated rings. The van der Waals surface area contributed by atoms with Gasteiger partial charge in [-0.2, -0.15) is 0 Å². The first-order chi connectivity index (χ1) is 11.3. The molecule has 122 valence electrons. The predicted octanol–water partition coefficient (Wildman–Crippen LogP) is 2.19. The summed E-state index contributed by atoms with van der Waals surface area (Å²) in [5, 5.41) is 0. The number of hydrogen-bond acceptors (Lipinski definition) is 4. The van der Waals surface area contributed by atoms with Gasteiger partial charge in [0.2, 0.25) is 5.91 Å². The average molecular weight is 312 g/mol. The number of aliphatic imine (C=N–C) groups is 1. The molecule has 0 atom stereocenters. The number of pyridine rings is 1. The van der Waals surface area contributed by atoms with Gasteiger partial charge >= 0.3 is 0 Å². The van der Waals surface area contributed by atoms with E-state index in [4.69, 9.17) is 0 Å². The SMILES string of the molecule is O=C(CC1=Nc2cccnc2CC1)N1CCN(C2CCC2)CC1. The summed E-state index contributed by atoms with van der Waals surface area (Å²) in [6.45, 7) is 3.83. The van der Waals surface area contributed by atoms with Crippen molar-refractivity contribution in [1.82, 2.24) is 14.8 Å². The van der Waals surface area contributed by atoms with Crippen LogP contribution in [0.2, 0.25) is 0 Å². The molecule has 5 nitrogen and oxygen atoms in total. The van der Waals surface area contributed by atoms with Crippen LogP contribution in [0.15, 0.2) is 23.3 Å². The molecular weight excluding hydrogens is 288 g/mol. The third-order valence-electron chi connectivity index (χ3n) is 5.41. The van der Waals surface area contributed by atoms with E-state index in [0.29, 0.717) is 6.42 Å². The second-order valence-corrected chi connectivity index (χ2v) is 6.83. The van der Waals surface area contributed by atoms with Crippen molar-refractivity contribution >= 4 is 17.3 Å². The summed E-state index contributed by atoms with van der Waals surface area (Å²) in [4.78, 5) is 26.1. The summed E-state index contributed by atoms with van der Waals surface area (Å²) in [5.41, 5.74) is 3.01. The Morgan fingerprint density at radius 3 is 2.74 bits per heavy atom. The summed E-state index contributed by atoms with van der Waals surface area (Å²) in [6.07, 6.45) is 8.11. The van der Waals surface area contributed by atoms with Gasteiger partial charge in [-0.15, -0.1) is 0 Å². The first-order valence-electron chi connectivity index (χ1n) is 8.82. The second kappa shape index (κ2) is 6.40. The number of aromatic nitrogens is 1. The predicted molar refractivity (Wildman–Crippen MR) is 90.1 cm³/mol. The number of carbonyl (C=O) groups is 1. The van der Waals surface area contributed by atoms with Crippen molar-refractivity contribution in [2.45, 2.75) is 44.6 Å². The first kappa shape index (κ1) is 14.8. The van der Waals surface area contributed by atoms with E-state index in [0.717, 1.165) is 62.2 Å². The zero-order valence-electron chi connectivity index (χ0n) is 13.6. The molecule has 0 bridgehead atoms. The maximum atomic E-state index is 12.5. The monoisotopic (exact) mass is 312 g/mol. The molecule has 4 rings (SSSR count). The van der Waals surface area contributed by atoms with Gasteiger partial charge in [0, 0.05) is 44.1 Å². The zero-order chi connectivity index (χ0) is 15.6. The Morgan fingerprint density at radius 2 is 2.00 bits per heavy atom. The Morgan fingerprint density at radius 1 is 1.17 bits per heavy atom. The van der Waals surface area contributed by atoms with Crippen LogP contribution >= 0.6 is 0 Å². The number of carbonyl (C=O) groups excluding carboxylic acids is 1. The van der Waals surface area contributed by atoms with E-state index in [9.17, 15) is 4.79 Å². The van der Waals surface area contributed by atoms with Crippen LogP contribution in [0, 0.1) is 0 Å². The highest BCUT2D eigenvalue weighted by Crippen LogP contribution is 2.26. The van der Waals surface area contributed by atoms with Gasteiger partial charge in [-0.05, 0) is 37.8 Å². The number of fused-ring (bicyclic) bond motifs is 1. The Hall–Kier alpha value is -1.75. The van der Waals surface area contributed by atoms with Crippen LogP contribution in [-0.4, -0.2) is 58.6 Å². The van der Waals surface area contributed by atoms with Gasteiger partial charge in [-0.25, -0.2) is 0 Å². The molecule has 23 heavy (non-hydrogen) atoms. The minimum Gasteiger partial charge on any atom is -0.340 e. The maximum Gasteiger partial charge on any atom is 0.228 e.